The molecule has 3 aromatic carbocycles. The monoisotopic (exact) mass is 534 g/mol. The van der Waals surface area contributed by atoms with Gasteiger partial charge in [0.2, 0.25) is 11.8 Å². The van der Waals surface area contributed by atoms with E-state index in [0.29, 0.717) is 43.8 Å². The molecular weight excluding hydrogens is 500 g/mol. The number of piperidine rings is 1. The number of benzene rings is 3. The number of fused-ring (bicyclic) bond motifs is 1. The average Bonchev–Trinajstić information content (AvgIpc) is 2.95. The molecule has 0 radical (unpaired) electrons. The molecule has 0 bridgehead atoms. The second kappa shape index (κ2) is 12.8. The molecule has 0 spiro atoms. The second-order valence-electron chi connectivity index (χ2n) is 9.27. The smallest absolute Gasteiger partial charge is 0.255 e. The van der Waals surface area contributed by atoms with E-state index in [1.165, 1.54) is 7.11 Å². The first-order chi connectivity index (χ1) is 18.5. The number of hydrogen-bond acceptors (Lipinski definition) is 6. The number of ether oxygens (including phenoxy) is 1. The van der Waals surface area contributed by atoms with Crippen molar-refractivity contribution in [3.05, 3.63) is 71.8 Å². The lowest BCUT2D eigenvalue weighted by molar-refractivity contribution is -0.128. The first-order valence-electron chi connectivity index (χ1n) is 12.7. The molecule has 3 aromatic rings. The van der Waals surface area contributed by atoms with Crippen LogP contribution in [0.25, 0.3) is 10.8 Å². The minimum Gasteiger partial charge on any atom is -0.496 e. The highest BCUT2D eigenvalue weighted by atomic mass is 32.2. The Bertz CT molecular complexity index is 1300. The van der Waals surface area contributed by atoms with Gasteiger partial charge in [-0.05, 0) is 66.7 Å². The minimum absolute atomic E-state index is 0.110. The van der Waals surface area contributed by atoms with Gasteiger partial charge in [-0.1, -0.05) is 42.5 Å². The molecule has 8 nitrogen and oxygen atoms in total. The van der Waals surface area contributed by atoms with Crippen LogP contribution in [0, 0.1) is 0 Å². The van der Waals surface area contributed by atoms with Crippen LogP contribution in [-0.4, -0.2) is 62.8 Å². The molecule has 1 aliphatic rings. The van der Waals surface area contributed by atoms with Gasteiger partial charge in [0.05, 0.1) is 19.1 Å². The van der Waals surface area contributed by atoms with Crippen molar-refractivity contribution >= 4 is 40.3 Å². The summed E-state index contributed by atoms with van der Waals surface area (Å²) >= 11 is 1.56. The Morgan fingerprint density at radius 1 is 0.974 bits per heavy atom. The Hall–Kier alpha value is -3.56. The third-order valence-electron chi connectivity index (χ3n) is 6.86. The molecule has 0 saturated carbocycles. The first-order valence-corrected chi connectivity index (χ1v) is 13.9. The van der Waals surface area contributed by atoms with Gasteiger partial charge in [-0.15, -0.1) is 11.8 Å². The minimum atomic E-state index is -1.04. The average molecular weight is 535 g/mol. The third kappa shape index (κ3) is 6.46. The van der Waals surface area contributed by atoms with Gasteiger partial charge in [0.15, 0.2) is 0 Å². The predicted molar refractivity (Wildman–Crippen MR) is 151 cm³/mol. The second-order valence-corrected chi connectivity index (χ2v) is 10.2. The third-order valence-corrected chi connectivity index (χ3v) is 7.59. The molecular formula is C29H34N4O4S. The lowest BCUT2D eigenvalue weighted by Crippen LogP contribution is -2.63. The van der Waals surface area contributed by atoms with E-state index >= 15 is 0 Å². The number of thioether (sulfide) groups is 1. The van der Waals surface area contributed by atoms with Gasteiger partial charge in [-0.2, -0.15) is 0 Å². The Morgan fingerprint density at radius 2 is 1.71 bits per heavy atom. The van der Waals surface area contributed by atoms with Crippen LogP contribution < -0.4 is 26.0 Å². The highest BCUT2D eigenvalue weighted by Gasteiger charge is 2.41. The molecule has 3 amide bonds. The van der Waals surface area contributed by atoms with Crippen LogP contribution in [0.2, 0.25) is 0 Å². The van der Waals surface area contributed by atoms with Gasteiger partial charge in [-0.25, -0.2) is 0 Å². The molecule has 0 aromatic heterocycles. The summed E-state index contributed by atoms with van der Waals surface area (Å²) in [5, 5.41) is 14.2. The van der Waals surface area contributed by atoms with Crippen molar-refractivity contribution in [2.24, 2.45) is 0 Å². The molecule has 1 saturated heterocycles. The summed E-state index contributed by atoms with van der Waals surface area (Å²) in [6, 6.07) is 19.3. The number of amides is 3. The Labute approximate surface area is 227 Å². The van der Waals surface area contributed by atoms with E-state index in [9.17, 15) is 14.4 Å². The quantitative estimate of drug-likeness (QED) is 0.235. The standard InChI is InChI=1S/C29H34N4O4S/c1-37-25-19-22(38-2)10-11-24(25)27(35)33-29(12-14-30-15-13-29)28(36)32-17-16-31-26(34)18-21-8-5-7-20-6-3-4-9-23(20)21/h3-11,19,30H,12-18H2,1-2H3,(H,31,34)(H,32,36)(H,33,35). The number of hydrogen-bond donors (Lipinski definition) is 4. The maximum Gasteiger partial charge on any atom is 0.255 e. The van der Waals surface area contributed by atoms with Gasteiger partial charge in [-0.3, -0.25) is 14.4 Å². The van der Waals surface area contributed by atoms with Crippen LogP contribution in [0.4, 0.5) is 0 Å². The number of rotatable bonds is 10. The van der Waals surface area contributed by atoms with Crippen molar-refractivity contribution in [3.8, 4) is 5.75 Å². The number of nitrogens with one attached hydrogen (secondary N) is 4. The van der Waals surface area contributed by atoms with Gasteiger partial charge < -0.3 is 26.0 Å². The van der Waals surface area contributed by atoms with Gasteiger partial charge >= 0.3 is 0 Å². The van der Waals surface area contributed by atoms with Gasteiger partial charge in [0.1, 0.15) is 11.3 Å². The molecule has 0 aliphatic carbocycles. The van der Waals surface area contributed by atoms with Crippen LogP contribution in [0.15, 0.2) is 65.6 Å². The first kappa shape index (κ1) is 27.5. The molecule has 1 heterocycles. The number of carbonyl (C=O) groups excluding carboxylic acids is 3. The largest absolute Gasteiger partial charge is 0.496 e. The van der Waals surface area contributed by atoms with Crippen LogP contribution in [0.5, 0.6) is 5.75 Å². The van der Waals surface area contributed by atoms with E-state index in [1.54, 1.807) is 17.8 Å². The summed E-state index contributed by atoms with van der Waals surface area (Å²) in [4.78, 5) is 40.1. The van der Waals surface area contributed by atoms with E-state index < -0.39 is 5.54 Å². The summed E-state index contributed by atoms with van der Waals surface area (Å²) in [6.45, 7) is 1.77. The zero-order valence-corrected chi connectivity index (χ0v) is 22.6. The molecule has 9 heteroatoms. The highest BCUT2D eigenvalue weighted by Crippen LogP contribution is 2.27. The topological polar surface area (TPSA) is 109 Å². The van der Waals surface area contributed by atoms with E-state index in [1.807, 2.05) is 60.9 Å². The van der Waals surface area contributed by atoms with Gasteiger partial charge in [0.25, 0.3) is 5.91 Å². The Balaban J connectivity index is 1.34. The number of methoxy groups -OCH3 is 1. The molecule has 1 aliphatic heterocycles. The highest BCUT2D eigenvalue weighted by molar-refractivity contribution is 7.98. The van der Waals surface area contributed by atoms with Crippen molar-refractivity contribution in [2.75, 3.05) is 39.5 Å². The van der Waals surface area contributed by atoms with E-state index in [0.717, 1.165) is 21.2 Å². The molecule has 1 fully saturated rings. The van der Waals surface area contributed by atoms with Crippen LogP contribution >= 0.6 is 11.8 Å². The SMILES string of the molecule is COc1cc(SC)ccc1C(=O)NC1(C(=O)NCCNC(=O)Cc2cccc3ccccc23)CCNCC1. The normalized spacial score (nSPS) is 14.5. The van der Waals surface area contributed by atoms with Crippen molar-refractivity contribution < 1.29 is 19.1 Å². The predicted octanol–water partition coefficient (Wildman–Crippen LogP) is 2.90. The van der Waals surface area contributed by atoms with Gasteiger partial charge in [0, 0.05) is 18.0 Å². The summed E-state index contributed by atoms with van der Waals surface area (Å²) in [7, 11) is 1.53. The molecule has 4 N–H and O–H groups in total. The van der Waals surface area contributed by atoms with E-state index in [2.05, 4.69) is 21.3 Å². The Morgan fingerprint density at radius 3 is 2.47 bits per heavy atom. The van der Waals surface area contributed by atoms with Crippen LogP contribution in [-0.2, 0) is 16.0 Å². The summed E-state index contributed by atoms with van der Waals surface area (Å²) in [6.07, 6.45) is 3.14. The van der Waals surface area contributed by atoms with Crippen LogP contribution in [0.1, 0.15) is 28.8 Å². The zero-order chi connectivity index (χ0) is 27.0. The summed E-state index contributed by atoms with van der Waals surface area (Å²) < 4.78 is 5.43. The van der Waals surface area contributed by atoms with E-state index in [-0.39, 0.29) is 30.7 Å². The van der Waals surface area contributed by atoms with E-state index in [4.69, 9.17) is 4.74 Å². The fourth-order valence-electron chi connectivity index (χ4n) is 4.76. The van der Waals surface area contributed by atoms with Crippen molar-refractivity contribution in [1.82, 2.24) is 21.3 Å². The fourth-order valence-corrected chi connectivity index (χ4v) is 5.19. The lowest BCUT2D eigenvalue weighted by Gasteiger charge is -2.37. The van der Waals surface area contributed by atoms with Crippen molar-refractivity contribution in [3.63, 3.8) is 0 Å². The summed E-state index contributed by atoms with van der Waals surface area (Å²) in [5.74, 6) is -0.251. The maximum absolute atomic E-state index is 13.3. The van der Waals surface area contributed by atoms with Crippen molar-refractivity contribution in [1.29, 1.82) is 0 Å². The molecule has 4 rings (SSSR count). The maximum atomic E-state index is 13.3. The molecule has 0 atom stereocenters. The Kier molecular flexibility index (Phi) is 9.25. The fraction of sp³-hybridized carbons (Fsp3) is 0.345. The number of carbonyl (C=O) groups is 3. The molecule has 200 valence electrons. The zero-order valence-electron chi connectivity index (χ0n) is 21.8. The van der Waals surface area contributed by atoms with Crippen LogP contribution in [0.3, 0.4) is 0 Å². The molecule has 38 heavy (non-hydrogen) atoms. The lowest BCUT2D eigenvalue weighted by atomic mass is 9.86. The van der Waals surface area contributed by atoms with Crippen molar-refractivity contribution in [2.45, 2.75) is 29.7 Å². The molecule has 0 unspecified atom stereocenters. The summed E-state index contributed by atoms with van der Waals surface area (Å²) in [5.41, 5.74) is 0.303.